The minimum Gasteiger partial charge on any atom is -0.342 e. The molecule has 0 aromatic carbocycles. The Morgan fingerprint density at radius 1 is 1.24 bits per heavy atom. The quantitative estimate of drug-likeness (QED) is 0.524. The molecule has 1 N–H and O–H groups in total. The fourth-order valence-electron chi connectivity index (χ4n) is 3.32. The third kappa shape index (κ3) is 3.63. The summed E-state index contributed by atoms with van der Waals surface area (Å²) in [5.74, 6) is 0.910. The average Bonchev–Trinajstić information content (AvgIpc) is 3.40. The van der Waals surface area contributed by atoms with Crippen LogP contribution >= 0.6 is 11.3 Å². The zero-order chi connectivity index (χ0) is 20.5. The zero-order valence-corrected chi connectivity index (χ0v) is 17.5. The molecule has 0 saturated heterocycles. The maximum atomic E-state index is 13.4. The van der Waals surface area contributed by atoms with Crippen LogP contribution < -0.4 is 5.32 Å². The number of hydrogen-bond donors (Lipinski definition) is 1. The van der Waals surface area contributed by atoms with Crippen LogP contribution in [0, 0.1) is 19.8 Å². The van der Waals surface area contributed by atoms with E-state index in [2.05, 4.69) is 44.9 Å². The largest absolute Gasteiger partial charge is 0.342 e. The first-order valence-corrected chi connectivity index (χ1v) is 10.2. The van der Waals surface area contributed by atoms with Crippen LogP contribution in [0.25, 0.3) is 10.6 Å². The SMILES string of the molecule is Cc1sc(-n2cnnn2)c(C(=O)N[C@@H](CC(C)C)c2nnc3ccccn23)c1C. The van der Waals surface area contributed by atoms with Gasteiger partial charge in [0, 0.05) is 11.1 Å². The predicted octanol–water partition coefficient (Wildman–Crippen LogP) is 2.90. The first-order valence-electron chi connectivity index (χ1n) is 9.39. The third-order valence-corrected chi connectivity index (χ3v) is 6.01. The molecule has 0 unspecified atom stereocenters. The monoisotopic (exact) mass is 410 g/mol. The van der Waals surface area contributed by atoms with Gasteiger partial charge in [-0.2, -0.15) is 4.68 Å². The molecule has 0 aliphatic carbocycles. The van der Waals surface area contributed by atoms with Crippen molar-refractivity contribution < 1.29 is 4.79 Å². The van der Waals surface area contributed by atoms with Crippen molar-refractivity contribution in [3.8, 4) is 5.00 Å². The number of amides is 1. The fourth-order valence-corrected chi connectivity index (χ4v) is 4.39. The maximum absolute atomic E-state index is 13.4. The summed E-state index contributed by atoms with van der Waals surface area (Å²) >= 11 is 1.49. The Balaban J connectivity index is 1.72. The van der Waals surface area contributed by atoms with Crippen LogP contribution in [0.5, 0.6) is 0 Å². The fraction of sp³-hybridized carbons (Fsp3) is 0.368. The van der Waals surface area contributed by atoms with E-state index >= 15 is 0 Å². The summed E-state index contributed by atoms with van der Waals surface area (Å²) in [6.45, 7) is 8.17. The number of pyridine rings is 1. The van der Waals surface area contributed by atoms with Gasteiger partial charge >= 0.3 is 0 Å². The summed E-state index contributed by atoms with van der Waals surface area (Å²) in [7, 11) is 0. The molecule has 150 valence electrons. The Bertz CT molecular complexity index is 1140. The number of carbonyl (C=O) groups is 1. The summed E-state index contributed by atoms with van der Waals surface area (Å²) in [6.07, 6.45) is 4.15. The number of aromatic nitrogens is 7. The van der Waals surface area contributed by atoms with E-state index in [1.807, 2.05) is 42.6 Å². The smallest absolute Gasteiger partial charge is 0.255 e. The Hall–Kier alpha value is -3.14. The Morgan fingerprint density at radius 2 is 2.07 bits per heavy atom. The van der Waals surface area contributed by atoms with Gasteiger partial charge in [0.25, 0.3) is 5.91 Å². The van der Waals surface area contributed by atoms with E-state index < -0.39 is 0 Å². The molecule has 0 bridgehead atoms. The number of aryl methyl sites for hydroxylation is 1. The summed E-state index contributed by atoms with van der Waals surface area (Å²) in [5, 5.41) is 23.8. The molecule has 1 atom stereocenters. The van der Waals surface area contributed by atoms with Gasteiger partial charge in [-0.25, -0.2) is 0 Å². The van der Waals surface area contributed by atoms with Gasteiger partial charge in [0.1, 0.15) is 11.3 Å². The number of carbonyl (C=O) groups excluding carboxylic acids is 1. The second-order valence-electron chi connectivity index (χ2n) is 7.36. The Labute approximate surface area is 171 Å². The predicted molar refractivity (Wildman–Crippen MR) is 109 cm³/mol. The van der Waals surface area contributed by atoms with Crippen LogP contribution in [0.3, 0.4) is 0 Å². The van der Waals surface area contributed by atoms with Gasteiger partial charge in [-0.1, -0.05) is 19.9 Å². The van der Waals surface area contributed by atoms with Crippen LogP contribution in [0.4, 0.5) is 0 Å². The van der Waals surface area contributed by atoms with Gasteiger partial charge < -0.3 is 5.32 Å². The number of nitrogens with one attached hydrogen (secondary N) is 1. The van der Waals surface area contributed by atoms with E-state index in [-0.39, 0.29) is 11.9 Å². The lowest BCUT2D eigenvalue weighted by molar-refractivity contribution is 0.0929. The molecule has 29 heavy (non-hydrogen) atoms. The van der Waals surface area contributed by atoms with Crippen molar-refractivity contribution in [1.29, 1.82) is 0 Å². The van der Waals surface area contributed by atoms with Crippen LogP contribution in [0.1, 0.15) is 52.9 Å². The molecule has 4 aromatic rings. The molecule has 1 amide bonds. The second-order valence-corrected chi connectivity index (χ2v) is 8.56. The molecule has 4 aromatic heterocycles. The lowest BCUT2D eigenvalue weighted by atomic mass is 10.0. The maximum Gasteiger partial charge on any atom is 0.255 e. The van der Waals surface area contributed by atoms with Crippen LogP contribution in [-0.4, -0.2) is 40.7 Å². The minimum absolute atomic E-state index is 0.171. The van der Waals surface area contributed by atoms with E-state index in [0.29, 0.717) is 16.5 Å². The number of hydrogen-bond acceptors (Lipinski definition) is 7. The van der Waals surface area contributed by atoms with Crippen molar-refractivity contribution in [2.75, 3.05) is 0 Å². The average molecular weight is 411 g/mol. The van der Waals surface area contributed by atoms with Gasteiger partial charge in [0.2, 0.25) is 0 Å². The topological polar surface area (TPSA) is 103 Å². The second kappa shape index (κ2) is 7.70. The summed E-state index contributed by atoms with van der Waals surface area (Å²) < 4.78 is 3.45. The number of rotatable bonds is 6. The summed E-state index contributed by atoms with van der Waals surface area (Å²) in [5.41, 5.74) is 2.26. The molecule has 0 aliphatic rings. The molecule has 4 rings (SSSR count). The number of thiophene rings is 1. The third-order valence-electron chi connectivity index (χ3n) is 4.82. The standard InChI is InChI=1S/C19H22N8OS/c1-11(2)9-14(17-23-22-15-7-5-6-8-26(15)17)21-18(28)16-12(3)13(4)29-19(16)27-10-20-24-25-27/h5-8,10-11,14H,9H2,1-4H3,(H,21,28)/t14-/m0/s1. The van der Waals surface area contributed by atoms with Gasteiger partial charge in [-0.15, -0.1) is 26.6 Å². The minimum atomic E-state index is -0.277. The van der Waals surface area contributed by atoms with Crippen LogP contribution in [0.15, 0.2) is 30.7 Å². The molecule has 0 saturated carbocycles. The molecule has 9 nitrogen and oxygen atoms in total. The van der Waals surface area contributed by atoms with Gasteiger partial charge in [0.15, 0.2) is 11.5 Å². The van der Waals surface area contributed by atoms with E-state index in [1.165, 1.54) is 22.3 Å². The van der Waals surface area contributed by atoms with Crippen molar-refractivity contribution >= 4 is 22.9 Å². The highest BCUT2D eigenvalue weighted by Crippen LogP contribution is 2.31. The summed E-state index contributed by atoms with van der Waals surface area (Å²) in [6, 6.07) is 5.46. The van der Waals surface area contributed by atoms with Crippen molar-refractivity contribution in [2.24, 2.45) is 5.92 Å². The van der Waals surface area contributed by atoms with Gasteiger partial charge in [0.05, 0.1) is 11.6 Å². The molecule has 0 aliphatic heterocycles. The van der Waals surface area contributed by atoms with Gasteiger partial charge in [-0.3, -0.25) is 9.20 Å². The Kier molecular flexibility index (Phi) is 5.10. The molecular weight excluding hydrogens is 388 g/mol. The van der Waals surface area contributed by atoms with E-state index in [1.54, 1.807) is 0 Å². The van der Waals surface area contributed by atoms with E-state index in [0.717, 1.165) is 28.3 Å². The first-order chi connectivity index (χ1) is 14.0. The first kappa shape index (κ1) is 19.2. The van der Waals surface area contributed by atoms with Crippen molar-refractivity contribution in [3.63, 3.8) is 0 Å². The highest BCUT2D eigenvalue weighted by atomic mass is 32.1. The van der Waals surface area contributed by atoms with Crippen LogP contribution in [-0.2, 0) is 0 Å². The number of fused-ring (bicyclic) bond motifs is 1. The van der Waals surface area contributed by atoms with E-state index in [9.17, 15) is 4.79 Å². The molecular formula is C19H22N8OS. The number of tetrazole rings is 1. The Morgan fingerprint density at radius 3 is 2.79 bits per heavy atom. The molecule has 10 heteroatoms. The van der Waals surface area contributed by atoms with Crippen LogP contribution in [0.2, 0.25) is 0 Å². The molecule has 0 spiro atoms. The van der Waals surface area contributed by atoms with Crippen molar-refractivity contribution in [3.05, 3.63) is 52.6 Å². The van der Waals surface area contributed by atoms with E-state index in [4.69, 9.17) is 0 Å². The van der Waals surface area contributed by atoms with Gasteiger partial charge in [-0.05, 0) is 54.3 Å². The normalized spacial score (nSPS) is 12.6. The van der Waals surface area contributed by atoms with Crippen molar-refractivity contribution in [2.45, 2.75) is 40.2 Å². The summed E-state index contributed by atoms with van der Waals surface area (Å²) in [4.78, 5) is 14.4. The lowest BCUT2D eigenvalue weighted by Gasteiger charge is -2.19. The molecule has 0 radical (unpaired) electrons. The zero-order valence-electron chi connectivity index (χ0n) is 16.7. The number of nitrogens with zero attached hydrogens (tertiary/aromatic N) is 7. The molecule has 4 heterocycles. The van der Waals surface area contributed by atoms with Crippen molar-refractivity contribution in [1.82, 2.24) is 40.1 Å². The highest BCUT2D eigenvalue weighted by molar-refractivity contribution is 7.15. The highest BCUT2D eigenvalue weighted by Gasteiger charge is 2.27. The molecule has 0 fully saturated rings. The lowest BCUT2D eigenvalue weighted by Crippen LogP contribution is -2.31.